The first-order valence-electron chi connectivity index (χ1n) is 6.56. The normalized spacial score (nSPS) is 10.8. The van der Waals surface area contributed by atoms with Crippen molar-refractivity contribution in [2.24, 2.45) is 0 Å². The average molecular weight is 300 g/mol. The van der Waals surface area contributed by atoms with Crippen LogP contribution < -0.4 is 5.73 Å². The van der Waals surface area contributed by atoms with Gasteiger partial charge in [-0.15, -0.1) is 0 Å². The molecule has 0 fully saturated rings. The largest absolute Gasteiger partial charge is 0.398 e. The molecular weight excluding hydrogens is 286 g/mol. The SMILES string of the molecule is Cc1ccccc1Cc1noc(-c2ccc(N)c(Cl)c2)n1. The third-order valence-electron chi connectivity index (χ3n) is 3.33. The Morgan fingerprint density at radius 2 is 2.00 bits per heavy atom. The molecule has 2 N–H and O–H groups in total. The van der Waals surface area contributed by atoms with E-state index in [-0.39, 0.29) is 0 Å². The van der Waals surface area contributed by atoms with Crippen molar-refractivity contribution in [1.82, 2.24) is 10.1 Å². The van der Waals surface area contributed by atoms with Crippen LogP contribution in [0.15, 0.2) is 47.0 Å². The van der Waals surface area contributed by atoms with E-state index in [9.17, 15) is 0 Å². The maximum Gasteiger partial charge on any atom is 0.257 e. The molecule has 1 heterocycles. The molecule has 0 atom stereocenters. The fourth-order valence-electron chi connectivity index (χ4n) is 2.08. The van der Waals surface area contributed by atoms with E-state index >= 15 is 0 Å². The summed E-state index contributed by atoms with van der Waals surface area (Å²) in [6, 6.07) is 13.4. The number of hydrogen-bond acceptors (Lipinski definition) is 4. The van der Waals surface area contributed by atoms with Crippen molar-refractivity contribution >= 4 is 17.3 Å². The van der Waals surface area contributed by atoms with Crippen LogP contribution in [0.2, 0.25) is 5.02 Å². The Hall–Kier alpha value is -2.33. The third kappa shape index (κ3) is 2.90. The van der Waals surface area contributed by atoms with Gasteiger partial charge in [-0.3, -0.25) is 0 Å². The van der Waals surface area contributed by atoms with E-state index in [1.54, 1.807) is 12.1 Å². The molecule has 0 aliphatic carbocycles. The minimum Gasteiger partial charge on any atom is -0.398 e. The molecule has 0 saturated heterocycles. The van der Waals surface area contributed by atoms with Gasteiger partial charge in [-0.05, 0) is 36.2 Å². The predicted molar refractivity (Wildman–Crippen MR) is 83.1 cm³/mol. The van der Waals surface area contributed by atoms with E-state index in [4.69, 9.17) is 21.9 Å². The lowest BCUT2D eigenvalue weighted by atomic mass is 10.1. The lowest BCUT2D eigenvalue weighted by Crippen LogP contribution is -1.93. The summed E-state index contributed by atoms with van der Waals surface area (Å²) in [5.74, 6) is 1.09. The van der Waals surface area contributed by atoms with Crippen molar-refractivity contribution in [3.05, 3.63) is 64.4 Å². The summed E-state index contributed by atoms with van der Waals surface area (Å²) < 4.78 is 5.30. The summed E-state index contributed by atoms with van der Waals surface area (Å²) in [6.45, 7) is 2.07. The summed E-state index contributed by atoms with van der Waals surface area (Å²) in [5.41, 5.74) is 9.37. The maximum atomic E-state index is 6.01. The topological polar surface area (TPSA) is 64.9 Å². The molecule has 0 radical (unpaired) electrons. The van der Waals surface area contributed by atoms with Crippen molar-refractivity contribution in [3.63, 3.8) is 0 Å². The Morgan fingerprint density at radius 1 is 1.19 bits per heavy atom. The first-order valence-corrected chi connectivity index (χ1v) is 6.94. The molecule has 0 spiro atoms. The van der Waals surface area contributed by atoms with E-state index in [0.29, 0.717) is 28.8 Å². The van der Waals surface area contributed by atoms with Crippen LogP contribution >= 0.6 is 11.6 Å². The highest BCUT2D eigenvalue weighted by molar-refractivity contribution is 6.33. The van der Waals surface area contributed by atoms with Gasteiger partial charge in [0.2, 0.25) is 0 Å². The van der Waals surface area contributed by atoms with E-state index in [2.05, 4.69) is 29.2 Å². The Bertz CT molecular complexity index is 783. The van der Waals surface area contributed by atoms with Crippen LogP contribution in [0.4, 0.5) is 5.69 Å². The molecule has 1 aromatic heterocycles. The summed E-state index contributed by atoms with van der Waals surface area (Å²) in [7, 11) is 0. The van der Waals surface area contributed by atoms with Gasteiger partial charge in [0.1, 0.15) is 0 Å². The lowest BCUT2D eigenvalue weighted by molar-refractivity contribution is 0.424. The van der Waals surface area contributed by atoms with Crippen molar-refractivity contribution < 1.29 is 4.52 Å². The number of nitrogen functional groups attached to an aromatic ring is 1. The molecule has 0 aliphatic rings. The number of benzene rings is 2. The molecule has 0 bridgehead atoms. The molecule has 4 nitrogen and oxygen atoms in total. The van der Waals surface area contributed by atoms with Gasteiger partial charge in [0.15, 0.2) is 5.82 Å². The molecule has 3 aromatic rings. The number of aryl methyl sites for hydroxylation is 1. The van der Waals surface area contributed by atoms with Crippen LogP contribution in [0.1, 0.15) is 17.0 Å². The van der Waals surface area contributed by atoms with E-state index in [1.165, 1.54) is 11.1 Å². The average Bonchev–Trinajstić information content (AvgIpc) is 2.93. The van der Waals surface area contributed by atoms with Gasteiger partial charge < -0.3 is 10.3 Å². The summed E-state index contributed by atoms with van der Waals surface area (Å²) in [4.78, 5) is 4.41. The van der Waals surface area contributed by atoms with Crippen LogP contribution in [-0.2, 0) is 6.42 Å². The molecule has 5 heteroatoms. The monoisotopic (exact) mass is 299 g/mol. The van der Waals surface area contributed by atoms with E-state index < -0.39 is 0 Å². The van der Waals surface area contributed by atoms with Gasteiger partial charge in [0.05, 0.1) is 10.7 Å². The first-order chi connectivity index (χ1) is 10.1. The molecule has 3 rings (SSSR count). The van der Waals surface area contributed by atoms with E-state index in [1.807, 2.05) is 18.2 Å². The van der Waals surface area contributed by atoms with Gasteiger partial charge in [0, 0.05) is 12.0 Å². The minimum atomic E-state index is 0.445. The fourth-order valence-corrected chi connectivity index (χ4v) is 2.26. The number of nitrogens with zero attached hydrogens (tertiary/aromatic N) is 2. The molecule has 106 valence electrons. The second-order valence-electron chi connectivity index (χ2n) is 4.86. The Morgan fingerprint density at radius 3 is 2.76 bits per heavy atom. The Labute approximate surface area is 127 Å². The lowest BCUT2D eigenvalue weighted by Gasteiger charge is -2.01. The molecule has 21 heavy (non-hydrogen) atoms. The Kier molecular flexibility index (Phi) is 3.62. The fraction of sp³-hybridized carbons (Fsp3) is 0.125. The molecule has 0 saturated carbocycles. The minimum absolute atomic E-state index is 0.445. The van der Waals surface area contributed by atoms with Gasteiger partial charge in [0.25, 0.3) is 5.89 Å². The number of anilines is 1. The van der Waals surface area contributed by atoms with E-state index in [0.717, 1.165) is 5.56 Å². The maximum absolute atomic E-state index is 6.01. The van der Waals surface area contributed by atoms with Crippen molar-refractivity contribution in [1.29, 1.82) is 0 Å². The van der Waals surface area contributed by atoms with Gasteiger partial charge in [-0.1, -0.05) is 41.0 Å². The second kappa shape index (κ2) is 5.58. The van der Waals surface area contributed by atoms with Crippen LogP contribution in [0.25, 0.3) is 11.5 Å². The van der Waals surface area contributed by atoms with Gasteiger partial charge in [-0.2, -0.15) is 4.98 Å². The van der Waals surface area contributed by atoms with Crippen LogP contribution in [0, 0.1) is 6.92 Å². The highest BCUT2D eigenvalue weighted by Crippen LogP contribution is 2.26. The second-order valence-corrected chi connectivity index (χ2v) is 5.26. The summed E-state index contributed by atoms with van der Waals surface area (Å²) in [6.07, 6.45) is 0.638. The van der Waals surface area contributed by atoms with Crippen LogP contribution in [0.5, 0.6) is 0 Å². The zero-order valence-electron chi connectivity index (χ0n) is 11.5. The first kappa shape index (κ1) is 13.6. The third-order valence-corrected chi connectivity index (χ3v) is 3.65. The Balaban J connectivity index is 1.86. The molecule has 0 aliphatic heterocycles. The number of aromatic nitrogens is 2. The highest BCUT2D eigenvalue weighted by Gasteiger charge is 2.11. The van der Waals surface area contributed by atoms with Crippen molar-refractivity contribution in [2.75, 3.05) is 5.73 Å². The quantitative estimate of drug-likeness (QED) is 0.746. The standard InChI is InChI=1S/C16H14ClN3O/c1-10-4-2-3-5-11(10)9-15-19-16(21-20-15)12-6-7-14(18)13(17)8-12/h2-8H,9,18H2,1H3. The van der Waals surface area contributed by atoms with Gasteiger partial charge >= 0.3 is 0 Å². The zero-order valence-corrected chi connectivity index (χ0v) is 12.3. The number of nitrogens with two attached hydrogens (primary N) is 1. The number of halogens is 1. The predicted octanol–water partition coefficient (Wildman–Crippen LogP) is 3.87. The molecule has 0 unspecified atom stereocenters. The van der Waals surface area contributed by atoms with Crippen LogP contribution in [-0.4, -0.2) is 10.1 Å². The molecule has 2 aromatic carbocycles. The number of hydrogen-bond donors (Lipinski definition) is 1. The van der Waals surface area contributed by atoms with Crippen molar-refractivity contribution in [2.45, 2.75) is 13.3 Å². The highest BCUT2D eigenvalue weighted by atomic mass is 35.5. The smallest absolute Gasteiger partial charge is 0.257 e. The number of rotatable bonds is 3. The van der Waals surface area contributed by atoms with Gasteiger partial charge in [-0.25, -0.2) is 0 Å². The molecule has 0 amide bonds. The summed E-state index contributed by atoms with van der Waals surface area (Å²) >= 11 is 6.01. The zero-order chi connectivity index (χ0) is 14.8. The van der Waals surface area contributed by atoms with Crippen LogP contribution in [0.3, 0.4) is 0 Å². The molecular formula is C16H14ClN3O. The van der Waals surface area contributed by atoms with Crippen molar-refractivity contribution in [3.8, 4) is 11.5 Å². The summed E-state index contributed by atoms with van der Waals surface area (Å²) in [5, 5.41) is 4.50.